The van der Waals surface area contributed by atoms with Gasteiger partial charge in [0.15, 0.2) is 5.82 Å². The van der Waals surface area contributed by atoms with Gasteiger partial charge in [-0.25, -0.2) is 0 Å². The lowest BCUT2D eigenvalue weighted by atomic mass is 10.0. The van der Waals surface area contributed by atoms with E-state index >= 15 is 0 Å². The van der Waals surface area contributed by atoms with E-state index < -0.39 is 0 Å². The first-order valence-corrected chi connectivity index (χ1v) is 8.01. The van der Waals surface area contributed by atoms with Crippen molar-refractivity contribution < 1.29 is 9.32 Å². The van der Waals surface area contributed by atoms with Gasteiger partial charge in [-0.1, -0.05) is 12.1 Å². The number of hydrogen-bond donors (Lipinski definition) is 0. The van der Waals surface area contributed by atoms with Crippen LogP contribution in [0.3, 0.4) is 0 Å². The van der Waals surface area contributed by atoms with Gasteiger partial charge in [0.05, 0.1) is 6.54 Å². The molecule has 21 heavy (non-hydrogen) atoms. The molecule has 0 spiro atoms. The second-order valence-electron chi connectivity index (χ2n) is 6.07. The van der Waals surface area contributed by atoms with Gasteiger partial charge >= 0.3 is 0 Å². The smallest absolute Gasteiger partial charge is 0.240 e. The zero-order valence-corrected chi connectivity index (χ0v) is 12.9. The summed E-state index contributed by atoms with van der Waals surface area (Å²) in [5.74, 6) is 1.66. The molecule has 0 saturated carbocycles. The molecular weight excluding hydrogens is 268 g/mol. The summed E-state index contributed by atoms with van der Waals surface area (Å²) in [5.41, 5.74) is 0. The van der Waals surface area contributed by atoms with Crippen LogP contribution in [0.2, 0.25) is 0 Å². The largest absolute Gasteiger partial charge is 0.338 e. The predicted molar refractivity (Wildman–Crippen MR) is 77.5 cm³/mol. The van der Waals surface area contributed by atoms with Crippen molar-refractivity contribution in [1.82, 2.24) is 19.9 Å². The number of hydrogen-bond acceptors (Lipinski definition) is 5. The maximum Gasteiger partial charge on any atom is 0.240 e. The van der Waals surface area contributed by atoms with E-state index in [9.17, 15) is 4.79 Å². The SMILES string of the molecule is CCC(=O)N1CCC[C@@H]1[C@H]1CCCN1Cc1nc(C)no1. The molecule has 2 fully saturated rings. The molecule has 0 radical (unpaired) electrons. The average molecular weight is 292 g/mol. The molecule has 116 valence electrons. The normalized spacial score (nSPS) is 26.7. The third kappa shape index (κ3) is 2.95. The number of carbonyl (C=O) groups is 1. The number of nitrogens with zero attached hydrogens (tertiary/aromatic N) is 4. The lowest BCUT2D eigenvalue weighted by Gasteiger charge is -2.34. The van der Waals surface area contributed by atoms with E-state index in [-0.39, 0.29) is 5.91 Å². The standard InChI is InChI=1S/C15H24N4O2/c1-3-15(20)19-9-5-7-13(19)12-6-4-8-18(12)10-14-16-11(2)17-21-14/h12-13H,3-10H2,1-2H3/t12-,13-/m1/s1. The molecule has 6 heteroatoms. The maximum absolute atomic E-state index is 12.1. The molecule has 2 saturated heterocycles. The molecule has 6 nitrogen and oxygen atoms in total. The second-order valence-corrected chi connectivity index (χ2v) is 6.07. The van der Waals surface area contributed by atoms with Crippen molar-refractivity contribution in [2.75, 3.05) is 13.1 Å². The van der Waals surface area contributed by atoms with Crippen molar-refractivity contribution in [1.29, 1.82) is 0 Å². The minimum absolute atomic E-state index is 0.290. The molecular formula is C15H24N4O2. The van der Waals surface area contributed by atoms with E-state index in [2.05, 4.69) is 19.9 Å². The van der Waals surface area contributed by atoms with E-state index in [1.165, 1.54) is 6.42 Å². The number of aryl methyl sites for hydroxylation is 1. The van der Waals surface area contributed by atoms with Gasteiger partial charge in [-0.3, -0.25) is 9.69 Å². The lowest BCUT2D eigenvalue weighted by Crippen LogP contribution is -2.47. The number of carbonyl (C=O) groups excluding carboxylic acids is 1. The van der Waals surface area contributed by atoms with Crippen LogP contribution < -0.4 is 0 Å². The average Bonchev–Trinajstić information content (AvgIpc) is 3.18. The Labute approximate surface area is 125 Å². The van der Waals surface area contributed by atoms with E-state index in [0.717, 1.165) is 32.4 Å². The van der Waals surface area contributed by atoms with Crippen LogP contribution in [-0.4, -0.2) is 51.0 Å². The Morgan fingerprint density at radius 1 is 1.29 bits per heavy atom. The van der Waals surface area contributed by atoms with Crippen molar-refractivity contribution in [3.05, 3.63) is 11.7 Å². The molecule has 0 bridgehead atoms. The summed E-state index contributed by atoms with van der Waals surface area (Å²) in [6.07, 6.45) is 5.19. The Bertz CT molecular complexity index is 502. The fourth-order valence-electron chi connectivity index (χ4n) is 3.77. The van der Waals surface area contributed by atoms with Crippen LogP contribution in [0.25, 0.3) is 0 Å². The van der Waals surface area contributed by atoms with E-state index in [4.69, 9.17) is 4.52 Å². The highest BCUT2D eigenvalue weighted by Gasteiger charge is 2.39. The number of likely N-dealkylation sites (tertiary alicyclic amines) is 2. The summed E-state index contributed by atoms with van der Waals surface area (Å²) in [6.45, 7) is 6.46. The topological polar surface area (TPSA) is 62.5 Å². The minimum Gasteiger partial charge on any atom is -0.338 e. The van der Waals surface area contributed by atoms with Crippen LogP contribution in [0.1, 0.15) is 50.7 Å². The van der Waals surface area contributed by atoms with Crippen molar-refractivity contribution in [2.24, 2.45) is 0 Å². The summed E-state index contributed by atoms with van der Waals surface area (Å²) in [4.78, 5) is 20.9. The molecule has 0 aliphatic carbocycles. The highest BCUT2D eigenvalue weighted by Crippen LogP contribution is 2.31. The molecule has 2 atom stereocenters. The van der Waals surface area contributed by atoms with Gasteiger partial charge in [0, 0.05) is 25.0 Å². The number of rotatable bonds is 4. The first-order valence-electron chi connectivity index (χ1n) is 8.01. The molecule has 2 aliphatic heterocycles. The molecule has 1 aromatic rings. The minimum atomic E-state index is 0.290. The predicted octanol–water partition coefficient (Wildman–Crippen LogP) is 1.74. The summed E-state index contributed by atoms with van der Waals surface area (Å²) < 4.78 is 5.25. The highest BCUT2D eigenvalue weighted by molar-refractivity contribution is 5.76. The van der Waals surface area contributed by atoms with Crippen molar-refractivity contribution in [2.45, 2.75) is 64.6 Å². The van der Waals surface area contributed by atoms with Crippen LogP contribution in [-0.2, 0) is 11.3 Å². The fraction of sp³-hybridized carbons (Fsp3) is 0.800. The fourth-order valence-corrected chi connectivity index (χ4v) is 3.77. The monoisotopic (exact) mass is 292 g/mol. The Hall–Kier alpha value is -1.43. The van der Waals surface area contributed by atoms with Crippen molar-refractivity contribution in [3.63, 3.8) is 0 Å². The van der Waals surface area contributed by atoms with Crippen LogP contribution in [0.15, 0.2) is 4.52 Å². The maximum atomic E-state index is 12.1. The van der Waals surface area contributed by atoms with E-state index in [1.807, 2.05) is 13.8 Å². The van der Waals surface area contributed by atoms with Gasteiger partial charge in [0.25, 0.3) is 0 Å². The Kier molecular flexibility index (Phi) is 4.24. The summed E-state index contributed by atoms with van der Waals surface area (Å²) in [5, 5.41) is 3.86. The van der Waals surface area contributed by atoms with Crippen LogP contribution >= 0.6 is 0 Å². The Balaban J connectivity index is 1.69. The van der Waals surface area contributed by atoms with Gasteiger partial charge in [-0.2, -0.15) is 4.98 Å². The van der Waals surface area contributed by atoms with Gasteiger partial charge in [-0.05, 0) is 39.2 Å². The van der Waals surface area contributed by atoms with Gasteiger partial charge in [0.2, 0.25) is 11.8 Å². The summed E-state index contributed by atoms with van der Waals surface area (Å²) in [6, 6.07) is 0.805. The first kappa shape index (κ1) is 14.5. The van der Waals surface area contributed by atoms with Crippen molar-refractivity contribution >= 4 is 5.91 Å². The molecule has 0 N–H and O–H groups in total. The van der Waals surface area contributed by atoms with E-state index in [1.54, 1.807) is 0 Å². The molecule has 3 heterocycles. The number of aromatic nitrogens is 2. The first-order chi connectivity index (χ1) is 10.2. The van der Waals surface area contributed by atoms with Crippen LogP contribution in [0, 0.1) is 6.92 Å². The van der Waals surface area contributed by atoms with Crippen LogP contribution in [0.4, 0.5) is 0 Å². The van der Waals surface area contributed by atoms with Gasteiger partial charge in [0.1, 0.15) is 0 Å². The highest BCUT2D eigenvalue weighted by atomic mass is 16.5. The molecule has 0 aromatic carbocycles. The molecule has 3 rings (SSSR count). The zero-order chi connectivity index (χ0) is 14.8. The molecule has 1 amide bonds. The quantitative estimate of drug-likeness (QED) is 0.846. The van der Waals surface area contributed by atoms with Crippen molar-refractivity contribution in [3.8, 4) is 0 Å². The summed E-state index contributed by atoms with van der Waals surface area (Å²) in [7, 11) is 0. The third-order valence-electron chi connectivity index (χ3n) is 4.69. The summed E-state index contributed by atoms with van der Waals surface area (Å²) >= 11 is 0. The van der Waals surface area contributed by atoms with Gasteiger partial charge in [-0.15, -0.1) is 0 Å². The van der Waals surface area contributed by atoms with E-state index in [0.29, 0.717) is 36.8 Å². The van der Waals surface area contributed by atoms with Crippen LogP contribution in [0.5, 0.6) is 0 Å². The lowest BCUT2D eigenvalue weighted by molar-refractivity contribution is -0.132. The second kappa shape index (κ2) is 6.13. The molecule has 0 unspecified atom stereocenters. The Morgan fingerprint density at radius 2 is 2.05 bits per heavy atom. The molecule has 1 aromatic heterocycles. The zero-order valence-electron chi connectivity index (χ0n) is 12.9. The molecule has 2 aliphatic rings. The van der Waals surface area contributed by atoms with Gasteiger partial charge < -0.3 is 9.42 Å². The Morgan fingerprint density at radius 3 is 2.76 bits per heavy atom. The third-order valence-corrected chi connectivity index (χ3v) is 4.69. The number of amides is 1.